The Kier molecular flexibility index (Phi) is 9.21. The summed E-state index contributed by atoms with van der Waals surface area (Å²) in [5.74, 6) is 0. The molecule has 3 nitrogen and oxygen atoms in total. The smallest absolute Gasteiger partial charge is 0.0376 e. The number of hydrogen-bond donors (Lipinski definition) is 0. The van der Waals surface area contributed by atoms with Gasteiger partial charge in [-0.1, -0.05) is 33.2 Å². The summed E-state index contributed by atoms with van der Waals surface area (Å²) < 4.78 is 0.976. The summed E-state index contributed by atoms with van der Waals surface area (Å²) in [4.78, 5) is 2.65. The molecule has 0 fully saturated rings. The number of rotatable bonds is 3. The predicted octanol–water partition coefficient (Wildman–Crippen LogP) is 0.344. The molecule has 0 aromatic heterocycles. The number of halogens is 1. The first-order valence-electron chi connectivity index (χ1n) is 4.97. The molecule has 10 radical (unpaired) electrons. The average Bonchev–Trinajstić information content (AvgIpc) is 2.32. The highest BCUT2D eigenvalue weighted by atomic mass is 79.9. The maximum absolute atomic E-state index is 8.04. The second kappa shape index (κ2) is 9.46. The molecule has 0 unspecified atom stereocenters. The lowest BCUT2D eigenvalue weighted by Gasteiger charge is -2.13. The van der Waals surface area contributed by atoms with Gasteiger partial charge in [-0.3, -0.25) is 0 Å². The van der Waals surface area contributed by atoms with Crippen LogP contribution in [0.25, 0.3) is 10.4 Å². The van der Waals surface area contributed by atoms with Gasteiger partial charge in [0.1, 0.15) is 0 Å². The molecule has 1 aromatic rings. The SMILES string of the molecule is [B]B([B])B([B])B([B])[B].[N-]=[N+]=Nc1ccc(Br)cc1. The molecular weight excluding hydrogens is 280 g/mol. The van der Waals surface area contributed by atoms with Crippen molar-refractivity contribution in [3.8, 4) is 0 Å². The Labute approximate surface area is 124 Å². The van der Waals surface area contributed by atoms with Crippen molar-refractivity contribution in [2.75, 3.05) is 0 Å². The standard InChI is InChI=1S/C6H4BrN3.B8/c7-5-1-3-6(4-2-5)9-10-8;1-6(2)8(5)7(3)4/h1-4H;. The van der Waals surface area contributed by atoms with E-state index in [1.165, 1.54) is 0 Å². The lowest BCUT2D eigenvalue weighted by Crippen LogP contribution is -2.52. The highest BCUT2D eigenvalue weighted by Gasteiger charge is 2.14. The van der Waals surface area contributed by atoms with Crippen molar-refractivity contribution in [3.63, 3.8) is 0 Å². The quantitative estimate of drug-likeness (QED) is 0.333. The van der Waals surface area contributed by atoms with E-state index in [1.54, 1.807) is 12.1 Å². The molecule has 0 heterocycles. The Balaban J connectivity index is 0.000000331. The van der Waals surface area contributed by atoms with Crippen molar-refractivity contribution in [1.29, 1.82) is 0 Å². The molecule has 0 aliphatic rings. The van der Waals surface area contributed by atoms with Crippen LogP contribution >= 0.6 is 15.9 Å². The second-order valence-corrected chi connectivity index (χ2v) is 4.31. The second-order valence-electron chi connectivity index (χ2n) is 3.40. The van der Waals surface area contributed by atoms with Crippen LogP contribution in [0, 0.1) is 0 Å². The number of benzene rings is 1. The fourth-order valence-electron chi connectivity index (χ4n) is 0.816. The Morgan fingerprint density at radius 3 is 1.72 bits per heavy atom. The van der Waals surface area contributed by atoms with Crippen molar-refractivity contribution < 1.29 is 0 Å². The van der Waals surface area contributed by atoms with E-state index in [1.807, 2.05) is 12.1 Å². The average molecular weight is 285 g/mol. The van der Waals surface area contributed by atoms with Crippen LogP contribution in [0.15, 0.2) is 33.9 Å². The molecule has 0 aliphatic heterocycles. The molecule has 0 saturated carbocycles. The maximum Gasteiger partial charge on any atom is 0.0376 e. The Morgan fingerprint density at radius 2 is 1.44 bits per heavy atom. The first-order chi connectivity index (χ1) is 8.38. The van der Waals surface area contributed by atoms with E-state index in [4.69, 9.17) is 44.2 Å². The van der Waals surface area contributed by atoms with E-state index in [0.717, 1.165) is 4.47 Å². The van der Waals surface area contributed by atoms with Gasteiger partial charge in [0.25, 0.3) is 0 Å². The molecule has 0 amide bonds. The van der Waals surface area contributed by atoms with Gasteiger partial charge >= 0.3 is 0 Å². The van der Waals surface area contributed by atoms with Crippen LogP contribution in [0.1, 0.15) is 0 Å². The number of nitrogens with zero attached hydrogens (tertiary/aromatic N) is 3. The summed E-state index contributed by atoms with van der Waals surface area (Å²) in [6.07, 6.45) is -1.78. The van der Waals surface area contributed by atoms with Gasteiger partial charge in [-0.2, -0.15) is 0 Å². The third-order valence-electron chi connectivity index (χ3n) is 1.88. The van der Waals surface area contributed by atoms with Gasteiger partial charge in [-0.15, -0.1) is 0 Å². The summed E-state index contributed by atoms with van der Waals surface area (Å²) in [5, 5.41) is 3.41. The zero-order chi connectivity index (χ0) is 14.1. The third-order valence-corrected chi connectivity index (χ3v) is 2.40. The van der Waals surface area contributed by atoms with Crippen LogP contribution in [0.5, 0.6) is 0 Å². The molecule has 18 heavy (non-hydrogen) atoms. The maximum atomic E-state index is 8.04. The van der Waals surface area contributed by atoms with Gasteiger partial charge in [-0.05, 0) is 17.7 Å². The van der Waals surface area contributed by atoms with Crippen molar-refractivity contribution in [3.05, 3.63) is 39.2 Å². The minimum atomic E-state index is -0.630. The molecular formula is C6H4B8BrN3. The zero-order valence-electron chi connectivity index (χ0n) is 9.65. The van der Waals surface area contributed by atoms with Crippen molar-refractivity contribution in [2.24, 2.45) is 5.11 Å². The molecule has 0 bridgehead atoms. The van der Waals surface area contributed by atoms with Crippen LogP contribution in [0.4, 0.5) is 5.69 Å². The monoisotopic (exact) mass is 285 g/mol. The molecule has 0 aliphatic carbocycles. The minimum Gasteiger partial charge on any atom is -0.0608 e. The molecule has 74 valence electrons. The van der Waals surface area contributed by atoms with Gasteiger partial charge in [0.2, 0.25) is 0 Å². The minimum absolute atomic E-state index is 0.519. The van der Waals surface area contributed by atoms with Crippen molar-refractivity contribution in [2.45, 2.75) is 0 Å². The van der Waals surface area contributed by atoms with E-state index in [0.29, 0.717) is 5.69 Å². The van der Waals surface area contributed by atoms with Crippen LogP contribution in [0.2, 0.25) is 0 Å². The highest BCUT2D eigenvalue weighted by molar-refractivity contribution is 9.10. The Morgan fingerprint density at radius 1 is 1.00 bits per heavy atom. The van der Waals surface area contributed by atoms with Gasteiger partial charge < -0.3 is 0 Å². The molecule has 0 spiro atoms. The summed E-state index contributed by atoms with van der Waals surface area (Å²) in [5.41, 5.74) is 8.67. The Bertz CT molecular complexity index is 384. The number of azide groups is 1. The predicted molar refractivity (Wildman–Crippen MR) is 89.0 cm³/mol. The molecule has 12 heteroatoms. The first kappa shape index (κ1) is 17.5. The van der Waals surface area contributed by atoms with Gasteiger partial charge in [0, 0.05) is 72.9 Å². The largest absolute Gasteiger partial charge is 0.0608 e. The lowest BCUT2D eigenvalue weighted by atomic mass is 8.68. The molecule has 0 atom stereocenters. The van der Waals surface area contributed by atoms with Crippen LogP contribution in [-0.4, -0.2) is 57.8 Å². The van der Waals surface area contributed by atoms with Gasteiger partial charge in [0.05, 0.1) is 0 Å². The number of hydrogen-bond acceptors (Lipinski definition) is 1. The normalized spacial score (nSPS) is 8.28. The van der Waals surface area contributed by atoms with E-state index < -0.39 is 19.2 Å². The van der Waals surface area contributed by atoms with Crippen LogP contribution in [-0.2, 0) is 0 Å². The van der Waals surface area contributed by atoms with Gasteiger partial charge in [0.15, 0.2) is 0 Å². The Hall–Kier alpha value is -0.471. The van der Waals surface area contributed by atoms with Gasteiger partial charge in [-0.25, -0.2) is 0 Å². The summed E-state index contributed by atoms with van der Waals surface area (Å²) in [7, 11) is 25.8. The summed E-state index contributed by atoms with van der Waals surface area (Å²) in [6, 6.07) is 7.13. The fourth-order valence-corrected chi connectivity index (χ4v) is 1.08. The molecule has 1 aromatic carbocycles. The van der Waals surface area contributed by atoms with Crippen LogP contribution < -0.4 is 0 Å². The third kappa shape index (κ3) is 7.78. The molecule has 0 saturated heterocycles. The van der Waals surface area contributed by atoms with E-state index >= 15 is 0 Å². The summed E-state index contributed by atoms with van der Waals surface area (Å²) in [6.45, 7) is 0. The van der Waals surface area contributed by atoms with Crippen molar-refractivity contribution in [1.82, 2.24) is 0 Å². The topological polar surface area (TPSA) is 48.8 Å². The first-order valence-corrected chi connectivity index (χ1v) is 5.76. The lowest BCUT2D eigenvalue weighted by molar-refractivity contribution is 1.47. The highest BCUT2D eigenvalue weighted by Crippen LogP contribution is 2.16. The van der Waals surface area contributed by atoms with Crippen molar-refractivity contribution >= 4 is 79.5 Å². The van der Waals surface area contributed by atoms with E-state index in [2.05, 4.69) is 26.0 Å². The zero-order valence-corrected chi connectivity index (χ0v) is 11.2. The van der Waals surface area contributed by atoms with E-state index in [-0.39, 0.29) is 0 Å². The van der Waals surface area contributed by atoms with Crippen LogP contribution in [0.3, 0.4) is 0 Å². The molecule has 0 N–H and O–H groups in total. The summed E-state index contributed by atoms with van der Waals surface area (Å²) >= 11 is 3.26. The van der Waals surface area contributed by atoms with E-state index in [9.17, 15) is 0 Å². The fraction of sp³-hybridized carbons (Fsp3) is 0. The molecule has 1 rings (SSSR count).